The van der Waals surface area contributed by atoms with Gasteiger partial charge in [-0.1, -0.05) is 12.1 Å². The molecule has 2 rings (SSSR count). The number of benzene rings is 2. The van der Waals surface area contributed by atoms with E-state index >= 15 is 0 Å². The molecule has 24 heavy (non-hydrogen) atoms. The molecule has 0 unspecified atom stereocenters. The topological polar surface area (TPSA) is 79.9 Å². The van der Waals surface area contributed by atoms with Crippen LogP contribution in [0.3, 0.4) is 0 Å². The summed E-state index contributed by atoms with van der Waals surface area (Å²) in [5, 5.41) is 12.9. The zero-order valence-electron chi connectivity index (χ0n) is 14.6. The molecule has 4 N–H and O–H groups in total. The average molecular weight is 327 g/mol. The monoisotopic (exact) mass is 327 g/mol. The van der Waals surface area contributed by atoms with Crippen LogP contribution in [0.1, 0.15) is 30.5 Å². The maximum Gasteiger partial charge on any atom is 0.193 e. The Bertz CT molecular complexity index is 699. The Morgan fingerprint density at radius 1 is 1.17 bits per heavy atom. The summed E-state index contributed by atoms with van der Waals surface area (Å²) in [6, 6.07) is 11.4. The van der Waals surface area contributed by atoms with Crippen molar-refractivity contribution in [1.82, 2.24) is 0 Å². The largest absolute Gasteiger partial charge is 0.507 e. The fourth-order valence-electron chi connectivity index (χ4n) is 2.39. The van der Waals surface area contributed by atoms with Gasteiger partial charge < -0.3 is 20.9 Å². The summed E-state index contributed by atoms with van der Waals surface area (Å²) >= 11 is 0. The van der Waals surface area contributed by atoms with E-state index in [1.165, 1.54) is 0 Å². The quantitative estimate of drug-likeness (QED) is 0.577. The summed E-state index contributed by atoms with van der Waals surface area (Å²) in [6.07, 6.45) is 0.146. The van der Waals surface area contributed by atoms with Crippen molar-refractivity contribution in [2.75, 3.05) is 5.32 Å². The molecule has 128 valence electrons. The first kappa shape index (κ1) is 17.7. The van der Waals surface area contributed by atoms with Gasteiger partial charge in [-0.15, -0.1) is 0 Å². The van der Waals surface area contributed by atoms with Crippen LogP contribution in [0.4, 0.5) is 5.69 Å². The van der Waals surface area contributed by atoms with Crippen LogP contribution < -0.4 is 15.8 Å². The van der Waals surface area contributed by atoms with E-state index in [-0.39, 0.29) is 6.10 Å². The number of rotatable bonds is 5. The van der Waals surface area contributed by atoms with Gasteiger partial charge in [-0.05, 0) is 68.7 Å². The van der Waals surface area contributed by atoms with Crippen molar-refractivity contribution in [3.63, 3.8) is 0 Å². The number of phenols is 1. The highest BCUT2D eigenvalue weighted by Crippen LogP contribution is 2.23. The Kier molecular flexibility index (Phi) is 5.68. The number of nitrogens with one attached hydrogen (secondary N) is 1. The third-order valence-electron chi connectivity index (χ3n) is 3.48. The molecule has 0 heterocycles. The Morgan fingerprint density at radius 2 is 1.75 bits per heavy atom. The van der Waals surface area contributed by atoms with E-state index in [0.29, 0.717) is 18.3 Å². The van der Waals surface area contributed by atoms with Crippen LogP contribution in [-0.4, -0.2) is 17.2 Å². The molecule has 0 aromatic heterocycles. The lowest BCUT2D eigenvalue weighted by Gasteiger charge is -2.11. The summed E-state index contributed by atoms with van der Waals surface area (Å²) in [5.74, 6) is 1.49. The van der Waals surface area contributed by atoms with Gasteiger partial charge in [0.25, 0.3) is 0 Å². The summed E-state index contributed by atoms with van der Waals surface area (Å²) in [6.45, 7) is 8.18. The third kappa shape index (κ3) is 4.91. The van der Waals surface area contributed by atoms with Gasteiger partial charge in [0.15, 0.2) is 5.96 Å². The molecule has 0 aliphatic rings. The van der Waals surface area contributed by atoms with E-state index in [4.69, 9.17) is 10.5 Å². The molecular weight excluding hydrogens is 302 g/mol. The van der Waals surface area contributed by atoms with Crippen LogP contribution in [0.2, 0.25) is 0 Å². The lowest BCUT2D eigenvalue weighted by Crippen LogP contribution is -2.22. The van der Waals surface area contributed by atoms with E-state index < -0.39 is 0 Å². The predicted molar refractivity (Wildman–Crippen MR) is 98.7 cm³/mol. The standard InChI is InChI=1S/C19H25N3O2/c1-12(2)24-17-7-5-16(6-8-17)22-19(20)21-11-15-9-13(3)18(23)14(4)10-15/h5-10,12,23H,11H2,1-4H3,(H3,20,21,22). The Balaban J connectivity index is 1.99. The van der Waals surface area contributed by atoms with Crippen LogP contribution in [0.25, 0.3) is 0 Å². The Labute approximate surface area is 143 Å². The van der Waals surface area contributed by atoms with Crippen molar-refractivity contribution in [2.24, 2.45) is 10.7 Å². The fraction of sp³-hybridized carbons (Fsp3) is 0.316. The average Bonchev–Trinajstić information content (AvgIpc) is 2.52. The number of ether oxygens (including phenoxy) is 1. The number of hydrogen-bond donors (Lipinski definition) is 3. The first-order valence-electron chi connectivity index (χ1n) is 7.98. The molecule has 0 saturated heterocycles. The molecule has 0 aliphatic heterocycles. The number of nitrogens with two attached hydrogens (primary N) is 1. The molecule has 5 nitrogen and oxygen atoms in total. The van der Waals surface area contributed by atoms with Gasteiger partial charge in [0, 0.05) is 5.69 Å². The second-order valence-electron chi connectivity index (χ2n) is 6.10. The number of aromatic hydroxyl groups is 1. The second-order valence-corrected chi connectivity index (χ2v) is 6.10. The van der Waals surface area contributed by atoms with Crippen LogP contribution in [0, 0.1) is 13.8 Å². The summed E-state index contributed by atoms with van der Waals surface area (Å²) in [5.41, 5.74) is 9.48. The molecular formula is C19H25N3O2. The number of hydrogen-bond acceptors (Lipinski definition) is 3. The maximum absolute atomic E-state index is 9.80. The highest BCUT2D eigenvalue weighted by atomic mass is 16.5. The zero-order valence-corrected chi connectivity index (χ0v) is 14.6. The minimum Gasteiger partial charge on any atom is -0.507 e. The van der Waals surface area contributed by atoms with E-state index in [2.05, 4.69) is 10.3 Å². The molecule has 2 aromatic carbocycles. The summed E-state index contributed by atoms with van der Waals surface area (Å²) < 4.78 is 5.60. The highest BCUT2D eigenvalue weighted by molar-refractivity contribution is 5.92. The van der Waals surface area contributed by atoms with Crippen molar-refractivity contribution in [2.45, 2.75) is 40.3 Å². The molecule has 0 radical (unpaired) electrons. The van der Waals surface area contributed by atoms with Gasteiger partial charge >= 0.3 is 0 Å². The van der Waals surface area contributed by atoms with Crippen molar-refractivity contribution >= 4 is 11.6 Å². The first-order chi connectivity index (χ1) is 11.3. The number of nitrogens with zero attached hydrogens (tertiary/aromatic N) is 1. The van der Waals surface area contributed by atoms with Gasteiger partial charge in [0.1, 0.15) is 11.5 Å². The SMILES string of the molecule is Cc1cc(CN=C(N)Nc2ccc(OC(C)C)cc2)cc(C)c1O. The molecule has 0 aliphatic carbocycles. The molecule has 2 aromatic rings. The van der Waals surface area contributed by atoms with E-state index in [0.717, 1.165) is 28.1 Å². The minimum absolute atomic E-state index is 0.146. The number of phenolic OH excluding ortho intramolecular Hbond substituents is 1. The molecule has 0 atom stereocenters. The second kappa shape index (κ2) is 7.73. The number of guanidine groups is 1. The first-order valence-corrected chi connectivity index (χ1v) is 7.98. The normalized spacial score (nSPS) is 11.6. The van der Waals surface area contributed by atoms with Gasteiger partial charge in [-0.25, -0.2) is 4.99 Å². The molecule has 0 amide bonds. The van der Waals surface area contributed by atoms with Crippen LogP contribution in [0.15, 0.2) is 41.4 Å². The van der Waals surface area contributed by atoms with Crippen molar-refractivity contribution in [3.05, 3.63) is 53.1 Å². The minimum atomic E-state index is 0.146. The number of aliphatic imine (C=N–C) groups is 1. The molecule has 5 heteroatoms. The summed E-state index contributed by atoms with van der Waals surface area (Å²) in [4.78, 5) is 4.34. The summed E-state index contributed by atoms with van der Waals surface area (Å²) in [7, 11) is 0. The lowest BCUT2D eigenvalue weighted by molar-refractivity contribution is 0.242. The van der Waals surface area contributed by atoms with Gasteiger partial charge in [-0.3, -0.25) is 0 Å². The predicted octanol–water partition coefficient (Wildman–Crippen LogP) is 3.72. The third-order valence-corrected chi connectivity index (χ3v) is 3.48. The van der Waals surface area contributed by atoms with E-state index in [9.17, 15) is 5.11 Å². The number of aryl methyl sites for hydroxylation is 2. The maximum atomic E-state index is 9.80. The Morgan fingerprint density at radius 3 is 2.29 bits per heavy atom. The van der Waals surface area contributed by atoms with Crippen molar-refractivity contribution in [3.8, 4) is 11.5 Å². The Hall–Kier alpha value is -2.69. The molecule has 0 saturated carbocycles. The molecule has 0 spiro atoms. The zero-order chi connectivity index (χ0) is 17.7. The van der Waals surface area contributed by atoms with E-state index in [1.807, 2.05) is 64.1 Å². The van der Waals surface area contributed by atoms with Crippen molar-refractivity contribution < 1.29 is 9.84 Å². The fourth-order valence-corrected chi connectivity index (χ4v) is 2.39. The lowest BCUT2D eigenvalue weighted by atomic mass is 10.1. The number of anilines is 1. The molecule has 0 fully saturated rings. The van der Waals surface area contributed by atoms with Crippen molar-refractivity contribution in [1.29, 1.82) is 0 Å². The van der Waals surface area contributed by atoms with Gasteiger partial charge in [0.05, 0.1) is 12.6 Å². The van der Waals surface area contributed by atoms with Crippen LogP contribution >= 0.6 is 0 Å². The molecule has 0 bridgehead atoms. The van der Waals surface area contributed by atoms with Crippen LogP contribution in [0.5, 0.6) is 11.5 Å². The smallest absolute Gasteiger partial charge is 0.193 e. The van der Waals surface area contributed by atoms with Gasteiger partial charge in [0.2, 0.25) is 0 Å². The van der Waals surface area contributed by atoms with Gasteiger partial charge in [-0.2, -0.15) is 0 Å². The highest BCUT2D eigenvalue weighted by Gasteiger charge is 2.03. The van der Waals surface area contributed by atoms with Crippen LogP contribution in [-0.2, 0) is 6.54 Å². The van der Waals surface area contributed by atoms with E-state index in [1.54, 1.807) is 0 Å².